The van der Waals surface area contributed by atoms with Crippen LogP contribution in [0.25, 0.3) is 22.7 Å². The molecular formula is C18H17N3O6. The predicted octanol–water partition coefficient (Wildman–Crippen LogP) is 2.83. The van der Waals surface area contributed by atoms with E-state index in [4.69, 9.17) is 18.7 Å². The van der Waals surface area contributed by atoms with Gasteiger partial charge in [-0.05, 0) is 25.1 Å². The van der Waals surface area contributed by atoms with Crippen LogP contribution in [0.1, 0.15) is 16.2 Å². The van der Waals surface area contributed by atoms with E-state index in [0.29, 0.717) is 34.3 Å². The van der Waals surface area contributed by atoms with Crippen LogP contribution in [0.5, 0.6) is 17.2 Å². The van der Waals surface area contributed by atoms with Gasteiger partial charge in [0.25, 0.3) is 5.89 Å². The van der Waals surface area contributed by atoms with Gasteiger partial charge in [0.1, 0.15) is 5.56 Å². The first-order chi connectivity index (χ1) is 13.0. The summed E-state index contributed by atoms with van der Waals surface area (Å²) < 4.78 is 21.1. The van der Waals surface area contributed by atoms with Gasteiger partial charge < -0.3 is 23.8 Å². The van der Waals surface area contributed by atoms with Crippen LogP contribution in [0.3, 0.4) is 0 Å². The van der Waals surface area contributed by atoms with Crippen molar-refractivity contribution in [3.63, 3.8) is 0 Å². The third-order valence-electron chi connectivity index (χ3n) is 3.85. The molecule has 9 heteroatoms. The van der Waals surface area contributed by atoms with Gasteiger partial charge in [-0.2, -0.15) is 4.98 Å². The molecule has 0 atom stereocenters. The average molecular weight is 371 g/mol. The molecule has 0 bridgehead atoms. The van der Waals surface area contributed by atoms with Gasteiger partial charge in [0.15, 0.2) is 17.3 Å². The highest BCUT2D eigenvalue weighted by atomic mass is 16.5. The van der Waals surface area contributed by atoms with Crippen molar-refractivity contribution in [2.45, 2.75) is 6.92 Å². The number of pyridine rings is 1. The molecule has 27 heavy (non-hydrogen) atoms. The Balaban J connectivity index is 2.15. The van der Waals surface area contributed by atoms with E-state index in [9.17, 15) is 9.90 Å². The third-order valence-corrected chi connectivity index (χ3v) is 3.85. The van der Waals surface area contributed by atoms with E-state index in [1.54, 1.807) is 25.3 Å². The van der Waals surface area contributed by atoms with Gasteiger partial charge in [0.05, 0.1) is 32.6 Å². The fourth-order valence-corrected chi connectivity index (χ4v) is 2.66. The fourth-order valence-electron chi connectivity index (χ4n) is 2.66. The predicted molar refractivity (Wildman–Crippen MR) is 94.3 cm³/mol. The van der Waals surface area contributed by atoms with Crippen molar-refractivity contribution in [1.82, 2.24) is 15.1 Å². The number of aromatic nitrogens is 3. The molecule has 0 saturated heterocycles. The van der Waals surface area contributed by atoms with Crippen molar-refractivity contribution in [3.8, 4) is 40.0 Å². The van der Waals surface area contributed by atoms with Crippen LogP contribution in [0.4, 0.5) is 0 Å². The smallest absolute Gasteiger partial charge is 0.339 e. The lowest BCUT2D eigenvalue weighted by atomic mass is 10.0. The van der Waals surface area contributed by atoms with E-state index in [-0.39, 0.29) is 17.1 Å². The number of carbonyl (C=O) groups is 1. The van der Waals surface area contributed by atoms with Crippen LogP contribution >= 0.6 is 0 Å². The number of carboxylic acid groups (broad SMARTS) is 1. The summed E-state index contributed by atoms with van der Waals surface area (Å²) in [5, 5.41) is 13.3. The number of nitrogens with zero attached hydrogens (tertiary/aromatic N) is 3. The summed E-state index contributed by atoms with van der Waals surface area (Å²) in [4.78, 5) is 20.2. The highest BCUT2D eigenvalue weighted by Gasteiger charge is 2.25. The number of hydrogen-bond donors (Lipinski definition) is 1. The minimum atomic E-state index is -1.16. The monoisotopic (exact) mass is 371 g/mol. The Bertz CT molecular complexity index is 982. The van der Waals surface area contributed by atoms with Crippen LogP contribution in [-0.2, 0) is 0 Å². The van der Waals surface area contributed by atoms with Crippen LogP contribution in [-0.4, -0.2) is 47.5 Å². The molecule has 0 fully saturated rings. The minimum Gasteiger partial charge on any atom is -0.492 e. The quantitative estimate of drug-likeness (QED) is 0.698. The highest BCUT2D eigenvalue weighted by Crippen LogP contribution is 2.46. The zero-order chi connectivity index (χ0) is 19.6. The summed E-state index contributed by atoms with van der Waals surface area (Å²) in [6.45, 7) is 1.72. The molecule has 0 aliphatic rings. The number of aryl methyl sites for hydroxylation is 1. The fraction of sp³-hybridized carbons (Fsp3) is 0.222. The third kappa shape index (κ3) is 3.26. The molecule has 0 amide bonds. The molecule has 2 aromatic heterocycles. The van der Waals surface area contributed by atoms with Crippen LogP contribution in [0.2, 0.25) is 0 Å². The number of rotatable bonds is 6. The van der Waals surface area contributed by atoms with Crippen LogP contribution in [0, 0.1) is 6.92 Å². The lowest BCUT2D eigenvalue weighted by Crippen LogP contribution is -2.05. The molecular weight excluding hydrogens is 354 g/mol. The zero-order valence-electron chi connectivity index (χ0n) is 15.1. The minimum absolute atomic E-state index is 0.0662. The van der Waals surface area contributed by atoms with Crippen molar-refractivity contribution < 1.29 is 28.6 Å². The first kappa shape index (κ1) is 18.2. The summed E-state index contributed by atoms with van der Waals surface area (Å²) in [5.41, 5.74) is 1.50. The van der Waals surface area contributed by atoms with Gasteiger partial charge in [0.2, 0.25) is 5.75 Å². The maximum Gasteiger partial charge on any atom is 0.339 e. The van der Waals surface area contributed by atoms with E-state index < -0.39 is 5.97 Å². The summed E-state index contributed by atoms with van der Waals surface area (Å²) >= 11 is 0. The SMILES string of the molecule is COc1c(C(=O)O)cc(-c2ccc(-c3nc(C)no3)cn2)c(OC)c1OC. The Morgan fingerprint density at radius 2 is 1.78 bits per heavy atom. The van der Waals surface area contributed by atoms with Crippen LogP contribution < -0.4 is 14.2 Å². The number of aromatic carboxylic acids is 1. The molecule has 1 N–H and O–H groups in total. The Kier molecular flexibility index (Phi) is 4.93. The number of hydrogen-bond acceptors (Lipinski definition) is 8. The lowest BCUT2D eigenvalue weighted by molar-refractivity contribution is 0.0692. The van der Waals surface area contributed by atoms with E-state index in [0.717, 1.165) is 0 Å². The second-order valence-corrected chi connectivity index (χ2v) is 5.46. The molecule has 0 spiro atoms. The number of methoxy groups -OCH3 is 3. The molecule has 2 heterocycles. The van der Waals surface area contributed by atoms with Crippen molar-refractivity contribution >= 4 is 5.97 Å². The molecule has 0 aliphatic heterocycles. The molecule has 0 aliphatic carbocycles. The molecule has 9 nitrogen and oxygen atoms in total. The van der Waals surface area contributed by atoms with Crippen LogP contribution in [0.15, 0.2) is 28.9 Å². The largest absolute Gasteiger partial charge is 0.492 e. The number of benzene rings is 1. The first-order valence-corrected chi connectivity index (χ1v) is 7.83. The van der Waals surface area contributed by atoms with Gasteiger partial charge in [-0.1, -0.05) is 5.16 Å². The first-order valence-electron chi connectivity index (χ1n) is 7.83. The maximum atomic E-state index is 11.6. The van der Waals surface area contributed by atoms with Gasteiger partial charge in [-0.3, -0.25) is 4.98 Å². The van der Waals surface area contributed by atoms with Crippen molar-refractivity contribution in [2.75, 3.05) is 21.3 Å². The molecule has 3 aromatic rings. The molecule has 0 unspecified atom stereocenters. The van der Waals surface area contributed by atoms with Gasteiger partial charge in [-0.25, -0.2) is 4.79 Å². The molecule has 0 radical (unpaired) electrons. The summed E-state index contributed by atoms with van der Waals surface area (Å²) in [6, 6.07) is 4.87. The average Bonchev–Trinajstić information content (AvgIpc) is 3.12. The summed E-state index contributed by atoms with van der Waals surface area (Å²) in [7, 11) is 4.23. The standard InChI is InChI=1S/C18H17N3O6/c1-9-20-17(27-21-9)10-5-6-13(19-8-10)11-7-12(18(22)23)15(25-3)16(26-4)14(11)24-2/h5-8H,1-4H3,(H,22,23). The van der Waals surface area contributed by atoms with E-state index in [1.807, 2.05) is 0 Å². The Hall–Kier alpha value is -3.62. The van der Waals surface area contributed by atoms with E-state index in [2.05, 4.69) is 15.1 Å². The Morgan fingerprint density at radius 1 is 1.07 bits per heavy atom. The Labute approximate surface area is 154 Å². The topological polar surface area (TPSA) is 117 Å². The lowest BCUT2D eigenvalue weighted by Gasteiger charge is -2.17. The van der Waals surface area contributed by atoms with Gasteiger partial charge in [-0.15, -0.1) is 0 Å². The Morgan fingerprint density at radius 3 is 2.26 bits per heavy atom. The van der Waals surface area contributed by atoms with E-state index >= 15 is 0 Å². The normalized spacial score (nSPS) is 10.5. The van der Waals surface area contributed by atoms with E-state index in [1.165, 1.54) is 27.4 Å². The number of carboxylic acids is 1. The second-order valence-electron chi connectivity index (χ2n) is 5.46. The number of ether oxygens (including phenoxy) is 3. The molecule has 0 saturated carbocycles. The summed E-state index contributed by atoms with van der Waals surface area (Å²) in [6.07, 6.45) is 1.55. The highest BCUT2D eigenvalue weighted by molar-refractivity contribution is 5.95. The van der Waals surface area contributed by atoms with Crippen molar-refractivity contribution in [2.24, 2.45) is 0 Å². The van der Waals surface area contributed by atoms with Crippen molar-refractivity contribution in [1.29, 1.82) is 0 Å². The second kappa shape index (κ2) is 7.32. The van der Waals surface area contributed by atoms with Gasteiger partial charge in [0, 0.05) is 11.8 Å². The molecule has 1 aromatic carbocycles. The summed E-state index contributed by atoms with van der Waals surface area (Å²) in [5.74, 6) is 0.260. The maximum absolute atomic E-state index is 11.6. The molecule has 140 valence electrons. The van der Waals surface area contributed by atoms with Crippen molar-refractivity contribution in [3.05, 3.63) is 35.8 Å². The van der Waals surface area contributed by atoms with Gasteiger partial charge >= 0.3 is 5.97 Å². The molecule has 3 rings (SSSR count). The zero-order valence-corrected chi connectivity index (χ0v) is 15.1.